The van der Waals surface area contributed by atoms with Gasteiger partial charge in [-0.3, -0.25) is 9.59 Å². The number of carbonyl (C=O) groups is 2. The molecule has 0 bridgehead atoms. The largest absolute Gasteiger partial charge is 0.378 e. The molecule has 1 fully saturated rings. The minimum atomic E-state index is 0.0100. The number of rotatable bonds is 3. The Kier molecular flexibility index (Phi) is 5.64. The molecule has 126 valence electrons. The zero-order valence-electron chi connectivity index (χ0n) is 14.6. The molecule has 2 rings (SSSR count). The van der Waals surface area contributed by atoms with Gasteiger partial charge in [-0.15, -0.1) is 0 Å². The quantitative estimate of drug-likeness (QED) is 0.857. The zero-order chi connectivity index (χ0) is 17.0. The fraction of sp³-hybridized carbons (Fsp3) is 0.556. The van der Waals surface area contributed by atoms with Gasteiger partial charge >= 0.3 is 0 Å². The van der Waals surface area contributed by atoms with E-state index in [0.717, 1.165) is 18.7 Å². The van der Waals surface area contributed by atoms with Crippen LogP contribution in [0.3, 0.4) is 0 Å². The second-order valence-corrected chi connectivity index (χ2v) is 6.57. The molecule has 0 radical (unpaired) electrons. The summed E-state index contributed by atoms with van der Waals surface area (Å²) in [6.45, 7) is 6.51. The summed E-state index contributed by atoms with van der Waals surface area (Å²) in [5.74, 6) is 0.236. The van der Waals surface area contributed by atoms with Gasteiger partial charge in [-0.25, -0.2) is 0 Å². The second kappa shape index (κ2) is 7.49. The standard InChI is InChI=1S/C18H27N3O2/c1-14(2)17(22)20-10-5-11-21(13-12-20)18(23)15-6-8-16(9-7-15)19(3)4/h6-9,14H,5,10-13H2,1-4H3. The van der Waals surface area contributed by atoms with E-state index in [9.17, 15) is 9.59 Å². The lowest BCUT2D eigenvalue weighted by molar-refractivity contribution is -0.134. The summed E-state index contributed by atoms with van der Waals surface area (Å²) >= 11 is 0. The molecular weight excluding hydrogens is 290 g/mol. The van der Waals surface area contributed by atoms with Gasteiger partial charge in [0, 0.05) is 57.4 Å². The Balaban J connectivity index is 2.01. The van der Waals surface area contributed by atoms with Gasteiger partial charge < -0.3 is 14.7 Å². The van der Waals surface area contributed by atoms with Crippen molar-refractivity contribution in [3.05, 3.63) is 29.8 Å². The van der Waals surface area contributed by atoms with Crippen LogP contribution < -0.4 is 4.90 Å². The minimum Gasteiger partial charge on any atom is -0.378 e. The van der Waals surface area contributed by atoms with Crippen molar-refractivity contribution in [2.45, 2.75) is 20.3 Å². The van der Waals surface area contributed by atoms with Crippen molar-refractivity contribution in [3.63, 3.8) is 0 Å². The maximum atomic E-state index is 12.7. The zero-order valence-corrected chi connectivity index (χ0v) is 14.6. The highest BCUT2D eigenvalue weighted by Gasteiger charge is 2.23. The van der Waals surface area contributed by atoms with E-state index in [4.69, 9.17) is 0 Å². The van der Waals surface area contributed by atoms with Crippen LogP contribution in [0.15, 0.2) is 24.3 Å². The average molecular weight is 317 g/mol. The molecule has 1 aromatic carbocycles. The predicted molar refractivity (Wildman–Crippen MR) is 92.7 cm³/mol. The van der Waals surface area contributed by atoms with Crippen LogP contribution in [-0.4, -0.2) is 61.9 Å². The van der Waals surface area contributed by atoms with Gasteiger partial charge in [-0.2, -0.15) is 0 Å². The third-order valence-corrected chi connectivity index (χ3v) is 4.22. The fourth-order valence-corrected chi connectivity index (χ4v) is 2.79. The smallest absolute Gasteiger partial charge is 0.253 e. The van der Waals surface area contributed by atoms with E-state index in [1.54, 1.807) is 0 Å². The number of amides is 2. The SMILES string of the molecule is CC(C)C(=O)N1CCCN(C(=O)c2ccc(N(C)C)cc2)CC1. The van der Waals surface area contributed by atoms with E-state index in [1.165, 1.54) is 0 Å². The van der Waals surface area contributed by atoms with Gasteiger partial charge in [0.1, 0.15) is 0 Å². The lowest BCUT2D eigenvalue weighted by Crippen LogP contribution is -2.38. The molecule has 0 N–H and O–H groups in total. The van der Waals surface area contributed by atoms with E-state index in [1.807, 2.05) is 66.9 Å². The highest BCUT2D eigenvalue weighted by Crippen LogP contribution is 2.15. The first-order valence-corrected chi connectivity index (χ1v) is 8.25. The third-order valence-electron chi connectivity index (χ3n) is 4.22. The molecule has 1 aliphatic rings. The summed E-state index contributed by atoms with van der Waals surface area (Å²) in [7, 11) is 3.96. The van der Waals surface area contributed by atoms with Crippen molar-refractivity contribution in [2.24, 2.45) is 5.92 Å². The highest BCUT2D eigenvalue weighted by molar-refractivity contribution is 5.94. The summed E-state index contributed by atoms with van der Waals surface area (Å²) in [5.41, 5.74) is 1.78. The van der Waals surface area contributed by atoms with Crippen molar-refractivity contribution < 1.29 is 9.59 Å². The van der Waals surface area contributed by atoms with Crippen LogP contribution in [0.5, 0.6) is 0 Å². The van der Waals surface area contributed by atoms with Crippen molar-refractivity contribution >= 4 is 17.5 Å². The Bertz CT molecular complexity index is 552. The van der Waals surface area contributed by atoms with Crippen molar-refractivity contribution in [1.82, 2.24) is 9.80 Å². The van der Waals surface area contributed by atoms with Crippen LogP contribution in [0.2, 0.25) is 0 Å². The molecule has 1 saturated heterocycles. The number of nitrogens with zero attached hydrogens (tertiary/aromatic N) is 3. The third kappa shape index (κ3) is 4.24. The minimum absolute atomic E-state index is 0.0100. The second-order valence-electron chi connectivity index (χ2n) is 6.57. The molecule has 0 spiro atoms. The van der Waals surface area contributed by atoms with Gasteiger partial charge in [-0.05, 0) is 30.7 Å². The van der Waals surface area contributed by atoms with Crippen LogP contribution in [-0.2, 0) is 4.79 Å². The summed E-state index contributed by atoms with van der Waals surface area (Å²) in [5, 5.41) is 0. The predicted octanol–water partition coefficient (Wildman–Crippen LogP) is 2.08. The average Bonchev–Trinajstić information content (AvgIpc) is 2.79. The Morgan fingerprint density at radius 1 is 0.957 bits per heavy atom. The van der Waals surface area contributed by atoms with Crippen molar-refractivity contribution in [2.75, 3.05) is 45.2 Å². The van der Waals surface area contributed by atoms with Crippen LogP contribution in [0.1, 0.15) is 30.6 Å². The number of hydrogen-bond donors (Lipinski definition) is 0. The van der Waals surface area contributed by atoms with Crippen molar-refractivity contribution in [3.8, 4) is 0 Å². The monoisotopic (exact) mass is 317 g/mol. The molecule has 0 aromatic heterocycles. The molecular formula is C18H27N3O2. The van der Waals surface area contributed by atoms with Gasteiger partial charge in [0.25, 0.3) is 5.91 Å². The van der Waals surface area contributed by atoms with E-state index >= 15 is 0 Å². The molecule has 0 aliphatic carbocycles. The van der Waals surface area contributed by atoms with Gasteiger partial charge in [0.15, 0.2) is 0 Å². The summed E-state index contributed by atoms with van der Waals surface area (Å²) in [6.07, 6.45) is 0.833. The molecule has 1 heterocycles. The summed E-state index contributed by atoms with van der Waals surface area (Å²) in [6, 6.07) is 7.67. The Hall–Kier alpha value is -2.04. The van der Waals surface area contributed by atoms with Gasteiger partial charge in [0.2, 0.25) is 5.91 Å². The molecule has 5 nitrogen and oxygen atoms in total. The Labute approximate surface area is 138 Å². The first kappa shape index (κ1) is 17.3. The lowest BCUT2D eigenvalue weighted by Gasteiger charge is -2.23. The molecule has 2 amide bonds. The molecule has 23 heavy (non-hydrogen) atoms. The number of carbonyl (C=O) groups excluding carboxylic acids is 2. The normalized spacial score (nSPS) is 15.5. The molecule has 1 aliphatic heterocycles. The van der Waals surface area contributed by atoms with Crippen molar-refractivity contribution in [1.29, 1.82) is 0 Å². The number of hydrogen-bond acceptors (Lipinski definition) is 3. The first-order chi connectivity index (χ1) is 10.9. The maximum absolute atomic E-state index is 12.7. The lowest BCUT2D eigenvalue weighted by atomic mass is 10.1. The van der Waals surface area contributed by atoms with Crippen LogP contribution in [0.25, 0.3) is 0 Å². The van der Waals surface area contributed by atoms with Crippen LogP contribution in [0.4, 0.5) is 5.69 Å². The van der Waals surface area contributed by atoms with Gasteiger partial charge in [0.05, 0.1) is 0 Å². The van der Waals surface area contributed by atoms with Gasteiger partial charge in [-0.1, -0.05) is 13.8 Å². The topological polar surface area (TPSA) is 43.9 Å². The maximum Gasteiger partial charge on any atom is 0.253 e. The van der Waals surface area contributed by atoms with E-state index in [2.05, 4.69) is 0 Å². The fourth-order valence-electron chi connectivity index (χ4n) is 2.79. The van der Waals surface area contributed by atoms with E-state index in [0.29, 0.717) is 25.2 Å². The first-order valence-electron chi connectivity index (χ1n) is 8.25. The molecule has 0 saturated carbocycles. The number of benzene rings is 1. The Morgan fingerprint density at radius 2 is 1.52 bits per heavy atom. The summed E-state index contributed by atoms with van der Waals surface area (Å²) in [4.78, 5) is 30.5. The van der Waals surface area contributed by atoms with Crippen LogP contribution >= 0.6 is 0 Å². The molecule has 5 heteroatoms. The Morgan fingerprint density at radius 3 is 2.09 bits per heavy atom. The molecule has 1 aromatic rings. The molecule has 0 unspecified atom stereocenters. The van der Waals surface area contributed by atoms with E-state index < -0.39 is 0 Å². The highest BCUT2D eigenvalue weighted by atomic mass is 16.2. The van der Waals surface area contributed by atoms with Crippen LogP contribution in [0, 0.1) is 5.92 Å². The van der Waals surface area contributed by atoms with E-state index in [-0.39, 0.29) is 17.7 Å². The number of anilines is 1. The molecule has 0 atom stereocenters. The summed E-state index contributed by atoms with van der Waals surface area (Å²) < 4.78 is 0.